The molecule has 17 heteroatoms. The summed E-state index contributed by atoms with van der Waals surface area (Å²) >= 11 is 0. The average Bonchev–Trinajstić information content (AvgIpc) is 3.26. The molecule has 2 aromatic rings. The summed E-state index contributed by atoms with van der Waals surface area (Å²) in [5.41, 5.74) is 4.08. The van der Waals surface area contributed by atoms with Gasteiger partial charge < -0.3 is 29.5 Å². The van der Waals surface area contributed by atoms with Crippen molar-refractivity contribution in [2.24, 2.45) is 0 Å². The zero-order valence-corrected chi connectivity index (χ0v) is 36.1. The monoisotopic (exact) mass is 729 g/mol. The Morgan fingerprint density at radius 1 is 0.958 bits per heavy atom. The van der Waals surface area contributed by atoms with Crippen LogP contribution in [0.25, 0.3) is 0 Å². The van der Waals surface area contributed by atoms with Crippen molar-refractivity contribution in [3.63, 3.8) is 0 Å². The first-order valence-corrected chi connectivity index (χ1v) is 17.5. The Kier molecular flexibility index (Phi) is 17.0. The van der Waals surface area contributed by atoms with E-state index in [2.05, 4.69) is 4.89 Å². The molecule has 0 saturated carbocycles. The number of allylic oxidation sites excluding steroid dienone is 4. The Labute approximate surface area is 348 Å². The van der Waals surface area contributed by atoms with Gasteiger partial charge >= 0.3 is 88.7 Å². The third-order valence-electron chi connectivity index (χ3n) is 8.38. The van der Waals surface area contributed by atoms with E-state index in [1.54, 1.807) is 12.1 Å². The van der Waals surface area contributed by atoms with Crippen LogP contribution in [0.4, 0.5) is 11.4 Å². The normalized spacial score (nSPS) is 17.1. The van der Waals surface area contributed by atoms with Crippen LogP contribution in [0.15, 0.2) is 60.3 Å². The molecule has 244 valence electrons. The molecule has 2 aliphatic rings. The van der Waals surface area contributed by atoms with Crippen LogP contribution in [-0.2, 0) is 42.6 Å². The van der Waals surface area contributed by atoms with Crippen molar-refractivity contribution in [1.82, 2.24) is 0 Å². The summed E-state index contributed by atoms with van der Waals surface area (Å²) in [5.74, 6) is -2.30. The van der Waals surface area contributed by atoms with Crippen molar-refractivity contribution in [2.45, 2.75) is 58.0 Å². The predicted molar refractivity (Wildman–Crippen MR) is 163 cm³/mol. The fourth-order valence-electron chi connectivity index (χ4n) is 6.20. The molecule has 0 aliphatic carbocycles. The second-order valence-corrected chi connectivity index (χ2v) is 15.3. The van der Waals surface area contributed by atoms with Crippen LogP contribution in [0, 0.1) is 0 Å². The van der Waals surface area contributed by atoms with E-state index in [1.165, 1.54) is 12.1 Å². The molecule has 2 aromatic carbocycles. The Bertz CT molecular complexity index is 1820. The predicted octanol–water partition coefficient (Wildman–Crippen LogP) is -7.32. The number of hydrogen-bond donors (Lipinski definition) is 1. The van der Waals surface area contributed by atoms with Gasteiger partial charge in [-0.2, -0.15) is 13.0 Å². The first-order chi connectivity index (χ1) is 20.9. The zero-order valence-electron chi connectivity index (χ0n) is 28.5. The smallest absolute Gasteiger partial charge is 0.748 e. The Morgan fingerprint density at radius 3 is 2.21 bits per heavy atom. The third-order valence-corrected chi connectivity index (χ3v) is 9.97. The summed E-state index contributed by atoms with van der Waals surface area (Å²) < 4.78 is 68.0. The minimum absolute atomic E-state index is 0. The van der Waals surface area contributed by atoms with Crippen molar-refractivity contribution in [2.75, 3.05) is 29.5 Å². The number of carboxylic acids is 1. The van der Waals surface area contributed by atoms with E-state index in [-0.39, 0.29) is 127 Å². The van der Waals surface area contributed by atoms with Gasteiger partial charge in [-0.15, -0.1) is 0 Å². The number of anilines is 1. The number of fused-ring (bicyclic) bond motifs is 2. The van der Waals surface area contributed by atoms with Gasteiger partial charge in [0, 0.05) is 53.2 Å². The molecule has 12 nitrogen and oxygen atoms in total. The van der Waals surface area contributed by atoms with Crippen LogP contribution in [0.5, 0.6) is 0 Å². The molecule has 4 rings (SSSR count). The van der Waals surface area contributed by atoms with Crippen molar-refractivity contribution in [3.8, 4) is 0 Å². The SMILES string of the molecule is CC1(C)C(/C=C/C=C2\N(CCCS(=O)(=O)O)c3ccc(CO[O-])cc3C2(C)C)=[N+](CCCS(=O)(=O)[O-])c2ccc(C(=O)[O-])cc21.[Na+].[Na+].[Na+]. The van der Waals surface area contributed by atoms with Crippen LogP contribution in [-0.4, -0.2) is 66.8 Å². The number of nitrogens with zero attached hydrogens (tertiary/aromatic N) is 2. The van der Waals surface area contributed by atoms with Crippen molar-refractivity contribution >= 4 is 43.3 Å². The number of hydrogen-bond acceptors (Lipinski definition) is 10. The summed E-state index contributed by atoms with van der Waals surface area (Å²) in [7, 11) is -8.61. The van der Waals surface area contributed by atoms with E-state index in [9.17, 15) is 41.1 Å². The van der Waals surface area contributed by atoms with E-state index < -0.39 is 48.5 Å². The number of rotatable bonds is 13. The maximum absolute atomic E-state index is 11.6. The molecule has 0 radical (unpaired) electrons. The van der Waals surface area contributed by atoms with Crippen molar-refractivity contribution in [1.29, 1.82) is 0 Å². The molecule has 2 aliphatic heterocycles. The van der Waals surface area contributed by atoms with E-state index in [0.29, 0.717) is 16.8 Å². The van der Waals surface area contributed by atoms with Gasteiger partial charge in [-0.25, -0.2) is 8.42 Å². The fraction of sp³-hybridized carbons (Fsp3) is 0.419. The fourth-order valence-corrected chi connectivity index (χ4v) is 7.18. The van der Waals surface area contributed by atoms with E-state index >= 15 is 0 Å². The average molecular weight is 730 g/mol. The minimum atomic E-state index is -4.44. The van der Waals surface area contributed by atoms with Gasteiger partial charge in [0.1, 0.15) is 6.54 Å². The van der Waals surface area contributed by atoms with E-state index in [0.717, 1.165) is 22.7 Å². The number of aromatic carboxylic acids is 1. The molecule has 0 bridgehead atoms. The van der Waals surface area contributed by atoms with Crippen LogP contribution >= 0.6 is 0 Å². The van der Waals surface area contributed by atoms with Gasteiger partial charge in [-0.1, -0.05) is 32.1 Å². The van der Waals surface area contributed by atoms with Gasteiger partial charge in [0.2, 0.25) is 5.69 Å². The van der Waals surface area contributed by atoms with Crippen LogP contribution < -0.4 is 104 Å². The number of carbonyl (C=O) groups excluding carboxylic acids is 1. The Balaban J connectivity index is 0.00000384. The van der Waals surface area contributed by atoms with Gasteiger partial charge in [0.05, 0.1) is 33.9 Å². The third kappa shape index (κ3) is 10.6. The van der Waals surface area contributed by atoms with Crippen LogP contribution in [0.2, 0.25) is 0 Å². The summed E-state index contributed by atoms with van der Waals surface area (Å²) in [6.07, 6.45) is 5.76. The van der Waals surface area contributed by atoms with Crippen LogP contribution in [0.3, 0.4) is 0 Å². The summed E-state index contributed by atoms with van der Waals surface area (Å²) in [5, 5.41) is 22.4. The first kappa shape index (κ1) is 45.6. The van der Waals surface area contributed by atoms with Crippen LogP contribution in [0.1, 0.15) is 67.6 Å². The van der Waals surface area contributed by atoms with E-state index in [4.69, 9.17) is 0 Å². The Hall–Kier alpha value is -0.400. The minimum Gasteiger partial charge on any atom is -0.748 e. The first-order valence-electron chi connectivity index (χ1n) is 14.3. The molecule has 0 amide bonds. The summed E-state index contributed by atoms with van der Waals surface area (Å²) in [6, 6.07) is 10.1. The summed E-state index contributed by atoms with van der Waals surface area (Å²) in [6.45, 7) is 8.18. The van der Waals surface area contributed by atoms with E-state index in [1.807, 2.05) is 67.5 Å². The van der Waals surface area contributed by atoms with Gasteiger partial charge in [0.15, 0.2) is 5.71 Å². The molecule has 2 heterocycles. The molecule has 0 atom stereocenters. The maximum Gasteiger partial charge on any atom is 1.00 e. The number of carbonyl (C=O) groups is 1. The maximum atomic E-state index is 11.6. The molecule has 48 heavy (non-hydrogen) atoms. The number of carboxylic acid groups (broad SMARTS) is 1. The molecular weight excluding hydrogens is 693 g/mol. The standard InChI is InChI=1S/C31H38N2O10S2.3Na/c1-30(2)23-18-21(20-43-36)10-12-25(23)32(14-6-16-44(37,38)39)27(30)8-5-9-28-31(3,4)24-19-22(29(34)35)11-13-26(24)33(28)15-7-17-45(40,41)42;;;/h5,8-13,18-19H,6-7,14-17,20H2,1-4H3,(H3-,34,35,36,37,38,39,40,41,42);;;/q;3*+1/p-2. The van der Waals surface area contributed by atoms with Crippen molar-refractivity contribution in [3.05, 3.63) is 82.6 Å². The second-order valence-electron chi connectivity index (χ2n) is 12.2. The molecule has 1 N–H and O–H groups in total. The molecule has 0 aromatic heterocycles. The molecule has 0 unspecified atom stereocenters. The topological polar surface area (TPSA) is 190 Å². The number of benzene rings is 2. The molecule has 0 spiro atoms. The van der Waals surface area contributed by atoms with Crippen molar-refractivity contribution < 1.29 is 139 Å². The van der Waals surface area contributed by atoms with Gasteiger partial charge in [0.25, 0.3) is 10.1 Å². The molecule has 0 saturated heterocycles. The quantitative estimate of drug-likeness (QED) is 0.0678. The van der Waals surface area contributed by atoms with Gasteiger partial charge in [-0.05, 0) is 61.2 Å². The Morgan fingerprint density at radius 2 is 1.62 bits per heavy atom. The second kappa shape index (κ2) is 17.9. The van der Waals surface area contributed by atoms with Gasteiger partial charge in [-0.3, -0.25) is 4.55 Å². The molecule has 0 fully saturated rings. The largest absolute Gasteiger partial charge is 1.00 e. The summed E-state index contributed by atoms with van der Waals surface area (Å²) in [4.78, 5) is 17.7. The zero-order chi connectivity index (χ0) is 33.4. The molecular formula is C31H36N2Na3O10S2+.